The highest BCUT2D eigenvalue weighted by molar-refractivity contribution is 5.80. The Bertz CT molecular complexity index is 1260. The molecular formula is C39H59NO7. The number of ether oxygens (including phenoxy) is 4. The Labute approximate surface area is 282 Å². The molecule has 8 nitrogen and oxygen atoms in total. The van der Waals surface area contributed by atoms with Crippen LogP contribution in [0.25, 0.3) is 0 Å². The summed E-state index contributed by atoms with van der Waals surface area (Å²) in [5.41, 5.74) is 0.298. The zero-order valence-corrected chi connectivity index (χ0v) is 29.5. The molecule has 47 heavy (non-hydrogen) atoms. The standard InChI is InChI=1S/C39H59NO7/c1-5-6-7-8-9-10-11-12-13-14-15-16-17-18-19-20-33(41)45-28(2)37(42)46-31-23-24-39(43)32-27-29-21-22-30(44-4)35-34(29)38(39,36(31)47-35)25-26-40(32)3/h21-23,28,32,36,43H,5-20,24-27H2,1-4H3/t28-,32-,36+,38+,39-/m0/s1. The van der Waals surface area contributed by atoms with E-state index in [2.05, 4.69) is 24.9 Å². The lowest BCUT2D eigenvalue weighted by Crippen LogP contribution is -2.74. The number of hydrogen-bond donors (Lipinski definition) is 1. The minimum absolute atomic E-state index is 0.0812. The predicted octanol–water partition coefficient (Wildman–Crippen LogP) is 7.71. The van der Waals surface area contributed by atoms with Crippen molar-refractivity contribution in [2.75, 3.05) is 20.7 Å². The molecule has 262 valence electrons. The second-order valence-corrected chi connectivity index (χ2v) is 14.5. The maximum Gasteiger partial charge on any atom is 0.352 e. The van der Waals surface area contributed by atoms with Crippen molar-refractivity contribution in [2.45, 2.75) is 165 Å². The first kappa shape index (κ1) is 35.7. The molecule has 0 amide bonds. The summed E-state index contributed by atoms with van der Waals surface area (Å²) in [7, 11) is 3.67. The zero-order valence-electron chi connectivity index (χ0n) is 29.5. The minimum atomic E-state index is -1.07. The van der Waals surface area contributed by atoms with Gasteiger partial charge in [-0.3, -0.25) is 4.79 Å². The monoisotopic (exact) mass is 653 g/mol. The van der Waals surface area contributed by atoms with Crippen LogP contribution in [0, 0.1) is 0 Å². The third kappa shape index (κ3) is 7.39. The van der Waals surface area contributed by atoms with Gasteiger partial charge in [0.25, 0.3) is 0 Å². The fourth-order valence-corrected chi connectivity index (χ4v) is 8.73. The Hall–Kier alpha value is -2.58. The predicted molar refractivity (Wildman–Crippen MR) is 183 cm³/mol. The van der Waals surface area contributed by atoms with E-state index in [1.54, 1.807) is 20.1 Å². The van der Waals surface area contributed by atoms with Gasteiger partial charge in [0.15, 0.2) is 23.7 Å². The lowest BCUT2D eigenvalue weighted by atomic mass is 9.50. The fraction of sp³-hybridized carbons (Fsp3) is 0.744. The van der Waals surface area contributed by atoms with Gasteiger partial charge < -0.3 is 29.0 Å². The number of likely N-dealkylation sites (N-methyl/N-ethyl adjacent to an activating group) is 1. The van der Waals surface area contributed by atoms with Crippen molar-refractivity contribution in [1.29, 1.82) is 0 Å². The van der Waals surface area contributed by atoms with Gasteiger partial charge in [0, 0.05) is 24.4 Å². The van der Waals surface area contributed by atoms with Crippen molar-refractivity contribution in [1.82, 2.24) is 4.90 Å². The van der Waals surface area contributed by atoms with Crippen LogP contribution in [0.4, 0.5) is 0 Å². The van der Waals surface area contributed by atoms with E-state index in [4.69, 9.17) is 18.9 Å². The van der Waals surface area contributed by atoms with Crippen molar-refractivity contribution in [3.8, 4) is 11.5 Å². The second-order valence-electron chi connectivity index (χ2n) is 14.5. The number of methoxy groups -OCH3 is 1. The van der Waals surface area contributed by atoms with Crippen LogP contribution < -0.4 is 9.47 Å². The number of rotatable bonds is 20. The molecule has 1 aromatic rings. The minimum Gasteiger partial charge on any atom is -0.493 e. The van der Waals surface area contributed by atoms with Gasteiger partial charge in [0.1, 0.15) is 5.76 Å². The molecule has 0 unspecified atom stereocenters. The van der Waals surface area contributed by atoms with E-state index >= 15 is 0 Å². The molecule has 4 aliphatic rings. The molecule has 0 radical (unpaired) electrons. The molecule has 5 atom stereocenters. The summed E-state index contributed by atoms with van der Waals surface area (Å²) < 4.78 is 23.6. The first-order chi connectivity index (χ1) is 22.8. The molecule has 1 aromatic carbocycles. The topological polar surface area (TPSA) is 94.5 Å². The SMILES string of the molecule is CCCCCCCCCCCCCCCCCC(=O)O[C@@H](C)C(=O)OC1=CC[C@]2(O)[C@@H]3Cc4ccc(OC)c5c4[C@]2(CCN3C)[C@@H]1O5. The fourth-order valence-electron chi connectivity index (χ4n) is 8.73. The van der Waals surface area contributed by atoms with Crippen LogP contribution in [0.2, 0.25) is 0 Å². The summed E-state index contributed by atoms with van der Waals surface area (Å²) in [6.07, 6.45) is 21.1. The average molecular weight is 654 g/mol. The Morgan fingerprint density at radius 2 is 1.60 bits per heavy atom. The molecule has 2 heterocycles. The van der Waals surface area contributed by atoms with E-state index in [0.29, 0.717) is 42.9 Å². The largest absolute Gasteiger partial charge is 0.493 e. The quantitative estimate of drug-likeness (QED) is 0.113. The summed E-state index contributed by atoms with van der Waals surface area (Å²) in [5.74, 6) is 0.607. The van der Waals surface area contributed by atoms with Gasteiger partial charge in [-0.05, 0) is 57.5 Å². The third-order valence-corrected chi connectivity index (χ3v) is 11.4. The van der Waals surface area contributed by atoms with E-state index in [0.717, 1.165) is 36.9 Å². The molecule has 0 saturated carbocycles. The van der Waals surface area contributed by atoms with Crippen LogP contribution in [0.5, 0.6) is 11.5 Å². The normalized spacial score (nSPS) is 26.2. The molecule has 2 aliphatic heterocycles. The van der Waals surface area contributed by atoms with E-state index in [-0.39, 0.29) is 12.0 Å². The Kier molecular flexibility index (Phi) is 12.3. The van der Waals surface area contributed by atoms with E-state index in [9.17, 15) is 14.7 Å². The van der Waals surface area contributed by atoms with Gasteiger partial charge in [-0.15, -0.1) is 0 Å². The second kappa shape index (κ2) is 16.2. The van der Waals surface area contributed by atoms with Gasteiger partial charge in [0.2, 0.25) is 0 Å². The van der Waals surface area contributed by atoms with Crippen LogP contribution in [0.1, 0.15) is 141 Å². The van der Waals surface area contributed by atoms with E-state index in [1.165, 1.54) is 77.0 Å². The summed E-state index contributed by atoms with van der Waals surface area (Å²) in [4.78, 5) is 28.0. The lowest BCUT2D eigenvalue weighted by molar-refractivity contribution is -0.175. The number of nitrogens with zero attached hydrogens (tertiary/aromatic N) is 1. The number of esters is 2. The van der Waals surface area contributed by atoms with Gasteiger partial charge in [0.05, 0.1) is 18.1 Å². The maximum absolute atomic E-state index is 13.2. The number of benzene rings is 1. The molecule has 1 spiro atoms. The van der Waals surface area contributed by atoms with Crippen molar-refractivity contribution in [3.05, 3.63) is 35.1 Å². The van der Waals surface area contributed by atoms with Gasteiger partial charge in [-0.25, -0.2) is 4.79 Å². The van der Waals surface area contributed by atoms with Crippen LogP contribution in [0.15, 0.2) is 24.0 Å². The van der Waals surface area contributed by atoms with E-state index in [1.807, 2.05) is 6.07 Å². The smallest absolute Gasteiger partial charge is 0.352 e. The molecule has 1 fully saturated rings. The first-order valence-electron chi connectivity index (χ1n) is 18.7. The molecule has 8 heteroatoms. The summed E-state index contributed by atoms with van der Waals surface area (Å²) >= 11 is 0. The summed E-state index contributed by atoms with van der Waals surface area (Å²) in [5, 5.41) is 12.3. The number of carbonyl (C=O) groups is 2. The highest BCUT2D eigenvalue weighted by Gasteiger charge is 2.72. The average Bonchev–Trinajstić information content (AvgIpc) is 3.42. The van der Waals surface area contributed by atoms with E-state index < -0.39 is 29.2 Å². The molecule has 2 aliphatic carbocycles. The zero-order chi connectivity index (χ0) is 33.4. The molecular weight excluding hydrogens is 594 g/mol. The van der Waals surface area contributed by atoms with Crippen LogP contribution >= 0.6 is 0 Å². The molecule has 0 aromatic heterocycles. The highest BCUT2D eigenvalue weighted by atomic mass is 16.6. The van der Waals surface area contributed by atoms with Crippen molar-refractivity contribution in [2.24, 2.45) is 0 Å². The van der Waals surface area contributed by atoms with Crippen LogP contribution in [-0.4, -0.2) is 66.5 Å². The number of piperidine rings is 1. The first-order valence-corrected chi connectivity index (χ1v) is 18.7. The Balaban J connectivity index is 1.03. The molecule has 5 rings (SSSR count). The Morgan fingerprint density at radius 1 is 0.979 bits per heavy atom. The molecule has 1 saturated heterocycles. The van der Waals surface area contributed by atoms with Gasteiger partial charge in [-0.1, -0.05) is 103 Å². The number of likely N-dealkylation sites (tertiary alicyclic amines) is 1. The van der Waals surface area contributed by atoms with Crippen LogP contribution in [-0.2, 0) is 30.9 Å². The maximum atomic E-state index is 13.2. The summed E-state index contributed by atoms with van der Waals surface area (Å²) in [6.45, 7) is 4.61. The third-order valence-electron chi connectivity index (χ3n) is 11.4. The summed E-state index contributed by atoms with van der Waals surface area (Å²) in [6, 6.07) is 3.90. The van der Waals surface area contributed by atoms with Crippen molar-refractivity contribution < 1.29 is 33.6 Å². The van der Waals surface area contributed by atoms with Crippen molar-refractivity contribution >= 4 is 11.9 Å². The number of unbranched alkanes of at least 4 members (excludes halogenated alkanes) is 14. The molecule has 2 bridgehead atoms. The van der Waals surface area contributed by atoms with Gasteiger partial charge in [-0.2, -0.15) is 0 Å². The highest BCUT2D eigenvalue weighted by Crippen LogP contribution is 2.65. The number of aliphatic hydroxyl groups is 1. The number of carbonyl (C=O) groups excluding carboxylic acids is 2. The number of hydrogen-bond acceptors (Lipinski definition) is 8. The van der Waals surface area contributed by atoms with Crippen molar-refractivity contribution in [3.63, 3.8) is 0 Å². The Morgan fingerprint density at radius 3 is 2.21 bits per heavy atom. The lowest BCUT2D eigenvalue weighted by Gasteiger charge is -2.61. The van der Waals surface area contributed by atoms with Crippen LogP contribution in [0.3, 0.4) is 0 Å². The van der Waals surface area contributed by atoms with Gasteiger partial charge >= 0.3 is 11.9 Å². The molecule has 1 N–H and O–H groups in total.